The minimum Gasteiger partial charge on any atom is -0.296 e. The molecule has 2 N–H and O–H groups in total. The first-order valence-corrected chi connectivity index (χ1v) is 15.3. The molecule has 0 saturated carbocycles. The normalized spacial score (nSPS) is 13.1. The molecule has 0 saturated heterocycles. The number of hydrogen-bond acceptors (Lipinski definition) is 9. The molecule has 0 bridgehead atoms. The number of hydrogen-bond donors (Lipinski definition) is 2. The van der Waals surface area contributed by atoms with E-state index in [1.54, 1.807) is 41.7 Å². The smallest absolute Gasteiger partial charge is 0.276 e. The molecule has 7 rings (SSSR count). The van der Waals surface area contributed by atoms with Crippen molar-refractivity contribution in [3.05, 3.63) is 87.9 Å². The predicted molar refractivity (Wildman–Crippen MR) is 154 cm³/mol. The lowest BCUT2D eigenvalue weighted by Crippen LogP contribution is -2.18. The maximum Gasteiger partial charge on any atom is 0.276 e. The van der Waals surface area contributed by atoms with Crippen molar-refractivity contribution in [2.24, 2.45) is 0 Å². The summed E-state index contributed by atoms with van der Waals surface area (Å²) in [4.78, 5) is 44.3. The number of rotatable bonds is 4. The van der Waals surface area contributed by atoms with E-state index in [9.17, 15) is 9.59 Å². The number of thiazole rings is 2. The molecule has 5 aromatic rings. The molecular formula is C27H17N5O2S4. The van der Waals surface area contributed by atoms with E-state index in [2.05, 4.69) is 37.7 Å². The molecule has 11 heteroatoms. The highest BCUT2D eigenvalue weighted by Crippen LogP contribution is 2.45. The molecule has 2 aromatic carbocycles. The summed E-state index contributed by atoms with van der Waals surface area (Å²) < 4.78 is 0. The molecule has 0 unspecified atom stereocenters. The standard InChI is InChI=1S/C27H17N5O2S4/c33-24(31-26-29-22-14-6-1-3-10-18(14)35-12-20(22)37-26)16-8-5-9-17(28-16)25(34)32-27-30-23-15-7-2-4-11-19(15)36-13-21(23)38-27/h1-11H,12-13H2,(H,29,31,33)(H,30,32,34). The van der Waals surface area contributed by atoms with Gasteiger partial charge in [-0.25, -0.2) is 15.0 Å². The van der Waals surface area contributed by atoms with Gasteiger partial charge in [0.05, 0.1) is 11.4 Å². The Morgan fingerprint density at radius 2 is 1.08 bits per heavy atom. The van der Waals surface area contributed by atoms with E-state index in [0.29, 0.717) is 10.3 Å². The SMILES string of the molecule is O=C(Nc1nc2c(s1)CSc1ccccc1-2)c1cccc(C(=O)Nc2nc3c(s2)CSc2ccccc2-3)n1. The maximum absolute atomic E-state index is 13.0. The molecule has 0 fully saturated rings. The third-order valence-corrected chi connectivity index (χ3v) is 10.6. The summed E-state index contributed by atoms with van der Waals surface area (Å²) >= 11 is 6.46. The van der Waals surface area contributed by atoms with E-state index < -0.39 is 11.8 Å². The van der Waals surface area contributed by atoms with Gasteiger partial charge in [-0.3, -0.25) is 20.2 Å². The molecule has 0 aliphatic carbocycles. The summed E-state index contributed by atoms with van der Waals surface area (Å²) in [6.45, 7) is 0. The van der Waals surface area contributed by atoms with Gasteiger partial charge in [-0.2, -0.15) is 0 Å². The van der Waals surface area contributed by atoms with Crippen LogP contribution in [0.2, 0.25) is 0 Å². The van der Waals surface area contributed by atoms with Gasteiger partial charge in [-0.15, -0.1) is 46.2 Å². The van der Waals surface area contributed by atoms with Gasteiger partial charge >= 0.3 is 0 Å². The highest BCUT2D eigenvalue weighted by Gasteiger charge is 2.24. The predicted octanol–water partition coefficient (Wildman–Crippen LogP) is 7.04. The maximum atomic E-state index is 13.0. The van der Waals surface area contributed by atoms with Crippen LogP contribution in [0, 0.1) is 0 Å². The van der Waals surface area contributed by atoms with E-state index in [4.69, 9.17) is 0 Å². The number of fused-ring (bicyclic) bond motifs is 6. The van der Waals surface area contributed by atoms with Crippen LogP contribution >= 0.6 is 46.2 Å². The molecule has 0 radical (unpaired) electrons. The number of thioether (sulfide) groups is 2. The zero-order chi connectivity index (χ0) is 25.6. The highest BCUT2D eigenvalue weighted by atomic mass is 32.2. The molecule has 7 nitrogen and oxygen atoms in total. The number of carbonyl (C=O) groups is 2. The van der Waals surface area contributed by atoms with Crippen molar-refractivity contribution in [1.82, 2.24) is 15.0 Å². The average Bonchev–Trinajstić information content (AvgIpc) is 3.56. The van der Waals surface area contributed by atoms with Crippen LogP contribution in [0.25, 0.3) is 22.5 Å². The number of pyridine rings is 1. The average molecular weight is 572 g/mol. The number of aromatic nitrogens is 3. The summed E-state index contributed by atoms with van der Waals surface area (Å²) in [7, 11) is 0. The molecule has 186 valence electrons. The first-order valence-electron chi connectivity index (χ1n) is 11.7. The van der Waals surface area contributed by atoms with Crippen molar-refractivity contribution in [2.45, 2.75) is 21.3 Å². The molecule has 2 amide bonds. The lowest BCUT2D eigenvalue weighted by molar-refractivity contribution is 0.101. The molecule has 3 aromatic heterocycles. The Hall–Kier alpha value is -3.51. The minimum absolute atomic E-state index is 0.143. The second-order valence-electron chi connectivity index (χ2n) is 8.47. The third kappa shape index (κ3) is 4.31. The van der Waals surface area contributed by atoms with Crippen LogP contribution in [0.5, 0.6) is 0 Å². The number of carbonyl (C=O) groups excluding carboxylic acids is 2. The van der Waals surface area contributed by atoms with Gasteiger partial charge in [-0.1, -0.05) is 42.5 Å². The van der Waals surface area contributed by atoms with E-state index in [-0.39, 0.29) is 11.4 Å². The third-order valence-electron chi connectivity index (χ3n) is 6.05. The van der Waals surface area contributed by atoms with Crippen LogP contribution in [-0.2, 0) is 11.5 Å². The number of anilines is 2. The molecule has 2 aliphatic heterocycles. The molecule has 2 aliphatic rings. The van der Waals surface area contributed by atoms with Gasteiger partial charge in [0.25, 0.3) is 11.8 Å². The number of benzene rings is 2. The summed E-state index contributed by atoms with van der Waals surface area (Å²) in [6, 6.07) is 21.1. The Kier molecular flexibility index (Phi) is 6.00. The summed E-state index contributed by atoms with van der Waals surface area (Å²) in [5.74, 6) is 0.811. The van der Waals surface area contributed by atoms with Gasteiger partial charge in [0.15, 0.2) is 10.3 Å². The van der Waals surface area contributed by atoms with E-state index in [1.807, 2.05) is 36.4 Å². The topological polar surface area (TPSA) is 96.9 Å². The zero-order valence-corrected chi connectivity index (χ0v) is 22.8. The Labute approximate surface area is 234 Å². The largest absolute Gasteiger partial charge is 0.296 e. The fourth-order valence-electron chi connectivity index (χ4n) is 4.30. The van der Waals surface area contributed by atoms with Crippen molar-refractivity contribution in [1.29, 1.82) is 0 Å². The Morgan fingerprint density at radius 3 is 1.58 bits per heavy atom. The highest BCUT2D eigenvalue weighted by molar-refractivity contribution is 7.99. The molecular weight excluding hydrogens is 555 g/mol. The first kappa shape index (κ1) is 23.6. The number of amides is 2. The number of nitrogens with one attached hydrogen (secondary N) is 2. The van der Waals surface area contributed by atoms with Crippen molar-refractivity contribution < 1.29 is 9.59 Å². The van der Waals surface area contributed by atoms with Crippen molar-refractivity contribution >= 4 is 68.3 Å². The van der Waals surface area contributed by atoms with Crippen molar-refractivity contribution in [2.75, 3.05) is 10.6 Å². The van der Waals surface area contributed by atoms with Crippen LogP contribution in [0.1, 0.15) is 30.7 Å². The van der Waals surface area contributed by atoms with Crippen molar-refractivity contribution in [3.63, 3.8) is 0 Å². The first-order chi connectivity index (χ1) is 18.6. The van der Waals surface area contributed by atoms with Crippen LogP contribution in [-0.4, -0.2) is 26.8 Å². The molecule has 0 atom stereocenters. The summed E-state index contributed by atoms with van der Waals surface area (Å²) in [6.07, 6.45) is 0. The quantitative estimate of drug-likeness (QED) is 0.239. The van der Waals surface area contributed by atoms with Crippen LogP contribution < -0.4 is 10.6 Å². The Morgan fingerprint density at radius 1 is 0.605 bits per heavy atom. The van der Waals surface area contributed by atoms with Crippen LogP contribution in [0.4, 0.5) is 10.3 Å². The number of nitrogens with zero attached hydrogens (tertiary/aromatic N) is 3. The summed E-state index contributed by atoms with van der Waals surface area (Å²) in [5, 5.41) is 6.74. The van der Waals surface area contributed by atoms with Gasteiger partial charge in [0.1, 0.15) is 11.4 Å². The fourth-order valence-corrected chi connectivity index (χ4v) is 8.49. The molecule has 5 heterocycles. The Bertz CT molecular complexity index is 1620. The van der Waals surface area contributed by atoms with Crippen LogP contribution in [0.15, 0.2) is 76.5 Å². The lowest BCUT2D eigenvalue weighted by Gasteiger charge is -2.13. The van der Waals surface area contributed by atoms with E-state index in [1.165, 1.54) is 32.5 Å². The monoisotopic (exact) mass is 571 g/mol. The van der Waals surface area contributed by atoms with Crippen molar-refractivity contribution in [3.8, 4) is 22.5 Å². The summed E-state index contributed by atoms with van der Waals surface area (Å²) in [5.41, 5.74) is 4.27. The second kappa shape index (κ2) is 9.66. The van der Waals surface area contributed by atoms with Crippen LogP contribution in [0.3, 0.4) is 0 Å². The van der Waals surface area contributed by atoms with E-state index in [0.717, 1.165) is 43.8 Å². The van der Waals surface area contributed by atoms with E-state index >= 15 is 0 Å². The Balaban J connectivity index is 1.08. The fraction of sp³-hybridized carbons (Fsp3) is 0.0741. The zero-order valence-electron chi connectivity index (χ0n) is 19.6. The minimum atomic E-state index is -0.412. The van der Waals surface area contributed by atoms with Gasteiger partial charge in [0.2, 0.25) is 0 Å². The van der Waals surface area contributed by atoms with Gasteiger partial charge < -0.3 is 0 Å². The lowest BCUT2D eigenvalue weighted by atomic mass is 10.1. The molecule has 0 spiro atoms. The second-order valence-corrected chi connectivity index (χ2v) is 12.7. The van der Waals surface area contributed by atoms with Gasteiger partial charge in [0, 0.05) is 42.2 Å². The van der Waals surface area contributed by atoms with Gasteiger partial charge in [-0.05, 0) is 24.3 Å². The molecule has 38 heavy (non-hydrogen) atoms.